The van der Waals surface area contributed by atoms with Gasteiger partial charge in [0.15, 0.2) is 0 Å². The van der Waals surface area contributed by atoms with Crippen LogP contribution in [0.5, 0.6) is 5.75 Å². The zero-order valence-electron chi connectivity index (χ0n) is 23.9. The summed E-state index contributed by atoms with van der Waals surface area (Å²) in [6, 6.07) is 11.4. The van der Waals surface area contributed by atoms with E-state index in [4.69, 9.17) is 16.3 Å². The number of amides is 1. The number of anilines is 1. The Hall–Kier alpha value is -2.29. The van der Waals surface area contributed by atoms with Gasteiger partial charge in [0.25, 0.3) is 5.91 Å². The van der Waals surface area contributed by atoms with E-state index in [1.54, 1.807) is 18.2 Å². The van der Waals surface area contributed by atoms with Crippen molar-refractivity contribution in [1.29, 1.82) is 0 Å². The summed E-state index contributed by atoms with van der Waals surface area (Å²) in [6.45, 7) is 5.95. The fourth-order valence-electron chi connectivity index (χ4n) is 7.92. The van der Waals surface area contributed by atoms with Gasteiger partial charge in [-0.3, -0.25) is 4.79 Å². The number of fused-ring (bicyclic) bond motifs is 4. The van der Waals surface area contributed by atoms with Crippen LogP contribution in [0.2, 0.25) is 5.02 Å². The number of hydrogen-bond donors (Lipinski definition) is 2. The highest BCUT2D eigenvalue weighted by Crippen LogP contribution is 2.47. The van der Waals surface area contributed by atoms with Gasteiger partial charge in [-0.25, -0.2) is 13.1 Å². The first kappa shape index (κ1) is 28.8. The average molecular weight is 601 g/mol. The molecule has 2 aliphatic carbocycles. The fourth-order valence-corrected chi connectivity index (χ4v) is 9.48. The Kier molecular flexibility index (Phi) is 7.79. The second kappa shape index (κ2) is 11.1. The van der Waals surface area contributed by atoms with Crippen molar-refractivity contribution in [3.05, 3.63) is 58.1 Å². The van der Waals surface area contributed by atoms with Gasteiger partial charge in [0.2, 0.25) is 10.0 Å². The molecule has 0 saturated heterocycles. The lowest BCUT2D eigenvalue weighted by Gasteiger charge is -2.46. The third kappa shape index (κ3) is 5.84. The SMILES string of the molecule is C[C@H]1C[C@H](C)CS(=O)(=O)NC(=O)c2ccc3c(c2)N(C[C@@H]2CC[C@H]2[C@@H](O)C1)C[C@@]1(CCCc2cc(Cl)ccc21)CO3. The molecule has 2 N–H and O–H groups in total. The number of halogens is 1. The maximum absolute atomic E-state index is 13.2. The van der Waals surface area contributed by atoms with Crippen molar-refractivity contribution >= 4 is 33.2 Å². The molecule has 1 saturated carbocycles. The molecular weight excluding hydrogens is 560 g/mol. The van der Waals surface area contributed by atoms with E-state index in [0.717, 1.165) is 49.4 Å². The van der Waals surface area contributed by atoms with E-state index in [-0.39, 0.29) is 28.9 Å². The van der Waals surface area contributed by atoms with Gasteiger partial charge >= 0.3 is 0 Å². The van der Waals surface area contributed by atoms with Crippen LogP contribution in [0.25, 0.3) is 0 Å². The molecule has 2 bridgehead atoms. The van der Waals surface area contributed by atoms with E-state index < -0.39 is 22.0 Å². The number of aryl methyl sites for hydroxylation is 1. The summed E-state index contributed by atoms with van der Waals surface area (Å²) in [5.41, 5.74) is 3.39. The Bertz CT molecular complexity index is 1430. The summed E-state index contributed by atoms with van der Waals surface area (Å²) in [5, 5.41) is 12.0. The van der Waals surface area contributed by atoms with Crippen LogP contribution in [-0.2, 0) is 21.9 Å². The highest BCUT2D eigenvalue weighted by Gasteiger charge is 2.44. The second-order valence-corrected chi connectivity index (χ2v) is 15.5. The maximum Gasteiger partial charge on any atom is 0.264 e. The molecule has 6 atom stereocenters. The molecule has 2 aromatic carbocycles. The number of carbonyl (C=O) groups excluding carboxylic acids is 1. The van der Waals surface area contributed by atoms with Gasteiger partial charge in [-0.2, -0.15) is 0 Å². The van der Waals surface area contributed by atoms with Crippen LogP contribution >= 0.6 is 11.6 Å². The van der Waals surface area contributed by atoms with Crippen LogP contribution in [0.3, 0.4) is 0 Å². The fraction of sp³-hybridized carbons (Fsp3) is 0.594. The van der Waals surface area contributed by atoms with Gasteiger partial charge < -0.3 is 14.7 Å². The first-order valence-corrected chi connectivity index (χ1v) is 17.1. The Morgan fingerprint density at radius 1 is 1.10 bits per heavy atom. The van der Waals surface area contributed by atoms with E-state index in [1.165, 1.54) is 11.1 Å². The Morgan fingerprint density at radius 3 is 2.71 bits per heavy atom. The van der Waals surface area contributed by atoms with E-state index in [1.807, 2.05) is 13.0 Å². The summed E-state index contributed by atoms with van der Waals surface area (Å²) in [6.07, 6.45) is 5.96. The van der Waals surface area contributed by atoms with E-state index in [9.17, 15) is 18.3 Å². The molecule has 7 nitrogen and oxygen atoms in total. The summed E-state index contributed by atoms with van der Waals surface area (Å²) in [5.74, 6) is 0.536. The molecule has 2 aromatic rings. The highest BCUT2D eigenvalue weighted by atomic mass is 35.5. The molecule has 41 heavy (non-hydrogen) atoms. The molecule has 6 rings (SSSR count). The van der Waals surface area contributed by atoms with Crippen LogP contribution in [0.4, 0.5) is 5.69 Å². The first-order valence-electron chi connectivity index (χ1n) is 15.1. The number of nitrogens with one attached hydrogen (secondary N) is 1. The molecular formula is C32H41ClN2O5S. The van der Waals surface area contributed by atoms with Gasteiger partial charge in [0.1, 0.15) is 5.75 Å². The average Bonchev–Trinajstić information content (AvgIpc) is 3.02. The van der Waals surface area contributed by atoms with Crippen molar-refractivity contribution in [1.82, 2.24) is 4.72 Å². The van der Waals surface area contributed by atoms with E-state index >= 15 is 0 Å². The van der Waals surface area contributed by atoms with Crippen molar-refractivity contribution in [2.24, 2.45) is 23.7 Å². The molecule has 1 spiro atoms. The Morgan fingerprint density at radius 2 is 1.93 bits per heavy atom. The number of benzene rings is 2. The predicted octanol–water partition coefficient (Wildman–Crippen LogP) is 5.33. The lowest BCUT2D eigenvalue weighted by atomic mass is 9.67. The normalized spacial score (nSPS) is 33.4. The van der Waals surface area contributed by atoms with Crippen LogP contribution < -0.4 is 14.4 Å². The topological polar surface area (TPSA) is 95.9 Å². The van der Waals surface area contributed by atoms with E-state index in [2.05, 4.69) is 28.7 Å². The van der Waals surface area contributed by atoms with Crippen molar-refractivity contribution in [3.63, 3.8) is 0 Å². The van der Waals surface area contributed by atoms with Crippen molar-refractivity contribution < 1.29 is 23.1 Å². The lowest BCUT2D eigenvalue weighted by Crippen LogP contribution is -2.49. The molecule has 2 aliphatic heterocycles. The van der Waals surface area contributed by atoms with Crippen molar-refractivity contribution in [2.45, 2.75) is 70.3 Å². The summed E-state index contributed by atoms with van der Waals surface area (Å²) in [4.78, 5) is 15.6. The second-order valence-electron chi connectivity index (χ2n) is 13.3. The zero-order chi connectivity index (χ0) is 28.9. The number of sulfonamides is 1. The largest absolute Gasteiger partial charge is 0.490 e. The number of aliphatic hydroxyl groups is 1. The highest BCUT2D eigenvalue weighted by molar-refractivity contribution is 7.90. The smallest absolute Gasteiger partial charge is 0.264 e. The quantitative estimate of drug-likeness (QED) is 0.425. The minimum absolute atomic E-state index is 0.128. The molecule has 0 radical (unpaired) electrons. The van der Waals surface area contributed by atoms with Gasteiger partial charge in [-0.05, 0) is 110 Å². The summed E-state index contributed by atoms with van der Waals surface area (Å²) >= 11 is 6.38. The van der Waals surface area contributed by atoms with Crippen LogP contribution in [0, 0.1) is 23.7 Å². The summed E-state index contributed by atoms with van der Waals surface area (Å²) < 4.78 is 34.7. The number of aliphatic hydroxyl groups excluding tert-OH is 1. The molecule has 0 aromatic heterocycles. The standard InChI is InChI=1S/C32H41ClN2O5S/c1-20-12-21(2)17-41(38,39)34-31(37)23-6-10-30-28(15-23)35(16-24-5-8-26(24)29(36)13-20)18-32(19-40-30)11-3-4-22-14-25(33)7-9-27(22)32/h6-7,9-10,14-15,20-21,24,26,29,36H,3-5,8,11-13,16-19H2,1-2H3,(H,34,37)/t20-,21-,24-,26+,29-,32-/m0/s1. The van der Waals surface area contributed by atoms with Crippen molar-refractivity contribution in [3.8, 4) is 5.75 Å². The third-order valence-corrected chi connectivity index (χ3v) is 11.7. The molecule has 4 aliphatic rings. The Labute approximate surface area is 248 Å². The molecule has 2 heterocycles. The lowest BCUT2D eigenvalue weighted by molar-refractivity contribution is 0.000591. The monoisotopic (exact) mass is 600 g/mol. The predicted molar refractivity (Wildman–Crippen MR) is 161 cm³/mol. The number of hydrogen-bond acceptors (Lipinski definition) is 6. The van der Waals surface area contributed by atoms with Crippen LogP contribution in [0.15, 0.2) is 36.4 Å². The van der Waals surface area contributed by atoms with Crippen LogP contribution in [-0.4, -0.2) is 51.0 Å². The molecule has 1 amide bonds. The first-order chi connectivity index (χ1) is 19.5. The molecule has 0 unspecified atom stereocenters. The minimum atomic E-state index is -3.82. The summed E-state index contributed by atoms with van der Waals surface area (Å²) in [7, 11) is -3.82. The third-order valence-electron chi connectivity index (χ3n) is 9.93. The van der Waals surface area contributed by atoms with Gasteiger partial charge in [-0.15, -0.1) is 0 Å². The van der Waals surface area contributed by atoms with Gasteiger partial charge in [-0.1, -0.05) is 31.5 Å². The Balaban J connectivity index is 1.41. The van der Waals surface area contributed by atoms with Crippen molar-refractivity contribution in [2.75, 3.05) is 30.3 Å². The van der Waals surface area contributed by atoms with Crippen LogP contribution in [0.1, 0.15) is 73.9 Å². The molecule has 9 heteroatoms. The maximum atomic E-state index is 13.2. The minimum Gasteiger partial charge on any atom is -0.490 e. The van der Waals surface area contributed by atoms with Gasteiger partial charge in [0, 0.05) is 29.1 Å². The number of rotatable bonds is 0. The molecule has 222 valence electrons. The number of nitrogens with zero attached hydrogens (tertiary/aromatic N) is 1. The number of ether oxygens (including phenoxy) is 1. The van der Waals surface area contributed by atoms with E-state index in [0.29, 0.717) is 43.2 Å². The molecule has 1 fully saturated rings. The van der Waals surface area contributed by atoms with Gasteiger partial charge in [0.05, 0.1) is 24.2 Å². The zero-order valence-corrected chi connectivity index (χ0v) is 25.5. The number of carbonyl (C=O) groups is 1.